The van der Waals surface area contributed by atoms with Crippen molar-refractivity contribution in [3.63, 3.8) is 0 Å². The van der Waals surface area contributed by atoms with Crippen LogP contribution in [-0.2, 0) is 0 Å². The minimum atomic E-state index is -0.544. The molecule has 0 aliphatic heterocycles. The van der Waals surface area contributed by atoms with Gasteiger partial charge in [0.05, 0.1) is 12.2 Å². The summed E-state index contributed by atoms with van der Waals surface area (Å²) >= 11 is 0. The molecule has 0 aliphatic carbocycles. The zero-order valence-electron chi connectivity index (χ0n) is 7.20. The topological polar surface area (TPSA) is 60.7 Å². The van der Waals surface area contributed by atoms with Crippen LogP contribution >= 0.6 is 0 Å². The van der Waals surface area contributed by atoms with Gasteiger partial charge in [-0.2, -0.15) is 0 Å². The van der Waals surface area contributed by atoms with Gasteiger partial charge in [0.15, 0.2) is 0 Å². The fraction of sp³-hybridized carbons (Fsp3) is 1.00. The summed E-state index contributed by atoms with van der Waals surface area (Å²) in [5, 5.41) is 27.1. The molecule has 68 valence electrons. The SMILES string of the molecule is CCC(O)C(CCO)C(C)O. The molecule has 3 heteroatoms. The van der Waals surface area contributed by atoms with Gasteiger partial charge in [-0.3, -0.25) is 0 Å². The highest BCUT2D eigenvalue weighted by Crippen LogP contribution is 2.15. The van der Waals surface area contributed by atoms with E-state index in [0.717, 1.165) is 0 Å². The number of aliphatic hydroxyl groups is 3. The predicted molar refractivity (Wildman–Crippen MR) is 43.2 cm³/mol. The average molecular weight is 162 g/mol. The predicted octanol–water partition coefficient (Wildman–Crippen LogP) is 0.137. The summed E-state index contributed by atoms with van der Waals surface area (Å²) in [5.74, 6) is -0.190. The van der Waals surface area contributed by atoms with Crippen LogP contribution in [0.4, 0.5) is 0 Å². The lowest BCUT2D eigenvalue weighted by Gasteiger charge is -2.23. The molecule has 0 aromatic heterocycles. The van der Waals surface area contributed by atoms with Crippen molar-refractivity contribution in [3.8, 4) is 0 Å². The van der Waals surface area contributed by atoms with Gasteiger partial charge in [0.2, 0.25) is 0 Å². The van der Waals surface area contributed by atoms with E-state index in [1.165, 1.54) is 0 Å². The van der Waals surface area contributed by atoms with Crippen molar-refractivity contribution < 1.29 is 15.3 Å². The van der Waals surface area contributed by atoms with Gasteiger partial charge in [-0.25, -0.2) is 0 Å². The quantitative estimate of drug-likeness (QED) is 0.539. The molecule has 0 amide bonds. The molecule has 0 heterocycles. The van der Waals surface area contributed by atoms with Crippen molar-refractivity contribution in [2.24, 2.45) is 5.92 Å². The molecule has 11 heavy (non-hydrogen) atoms. The maximum atomic E-state index is 9.35. The monoisotopic (exact) mass is 162 g/mol. The van der Waals surface area contributed by atoms with Gasteiger partial charge in [0, 0.05) is 12.5 Å². The van der Waals surface area contributed by atoms with E-state index in [4.69, 9.17) is 5.11 Å². The Morgan fingerprint density at radius 2 is 1.82 bits per heavy atom. The van der Waals surface area contributed by atoms with Gasteiger partial charge in [-0.15, -0.1) is 0 Å². The molecule has 0 saturated heterocycles. The molecule has 0 radical (unpaired) electrons. The van der Waals surface area contributed by atoms with Crippen LogP contribution in [0.1, 0.15) is 26.7 Å². The van der Waals surface area contributed by atoms with Gasteiger partial charge in [0.1, 0.15) is 0 Å². The van der Waals surface area contributed by atoms with E-state index in [-0.39, 0.29) is 12.5 Å². The Balaban J connectivity index is 3.87. The first-order chi connectivity index (χ1) is 5.13. The van der Waals surface area contributed by atoms with Crippen molar-refractivity contribution in [1.29, 1.82) is 0 Å². The molecule has 0 fully saturated rings. The summed E-state index contributed by atoms with van der Waals surface area (Å²) in [6.07, 6.45) is 0.0432. The Kier molecular flexibility index (Phi) is 5.46. The number of hydrogen-bond donors (Lipinski definition) is 3. The van der Waals surface area contributed by atoms with E-state index in [0.29, 0.717) is 12.8 Å². The maximum absolute atomic E-state index is 9.35. The van der Waals surface area contributed by atoms with E-state index in [9.17, 15) is 10.2 Å². The minimum Gasteiger partial charge on any atom is -0.396 e. The molecule has 0 saturated carbocycles. The molecule has 0 aromatic rings. The summed E-state index contributed by atoms with van der Waals surface area (Å²) in [4.78, 5) is 0. The molecule has 0 aromatic carbocycles. The molecule has 3 nitrogen and oxygen atoms in total. The standard InChI is InChI=1S/C8H18O3/c1-3-8(11)7(4-5-9)6(2)10/h6-11H,3-5H2,1-2H3. The van der Waals surface area contributed by atoms with Crippen molar-refractivity contribution in [3.05, 3.63) is 0 Å². The first kappa shape index (κ1) is 10.9. The van der Waals surface area contributed by atoms with Gasteiger partial charge in [0.25, 0.3) is 0 Å². The largest absolute Gasteiger partial charge is 0.396 e. The van der Waals surface area contributed by atoms with Crippen LogP contribution in [0.5, 0.6) is 0 Å². The van der Waals surface area contributed by atoms with Crippen LogP contribution in [0, 0.1) is 5.92 Å². The zero-order valence-corrected chi connectivity index (χ0v) is 7.20. The van der Waals surface area contributed by atoms with Gasteiger partial charge >= 0.3 is 0 Å². The average Bonchev–Trinajstić information content (AvgIpc) is 1.98. The number of aliphatic hydroxyl groups excluding tert-OH is 3. The highest BCUT2D eigenvalue weighted by molar-refractivity contribution is 4.71. The first-order valence-electron chi connectivity index (χ1n) is 4.10. The second kappa shape index (κ2) is 5.52. The molecular formula is C8H18O3. The first-order valence-corrected chi connectivity index (χ1v) is 4.10. The summed E-state index contributed by atoms with van der Waals surface area (Å²) in [5.41, 5.74) is 0. The van der Waals surface area contributed by atoms with Crippen LogP contribution < -0.4 is 0 Å². The molecule has 3 N–H and O–H groups in total. The van der Waals surface area contributed by atoms with Gasteiger partial charge in [-0.1, -0.05) is 6.92 Å². The van der Waals surface area contributed by atoms with Crippen LogP contribution in [0.15, 0.2) is 0 Å². The van der Waals surface area contributed by atoms with Gasteiger partial charge in [-0.05, 0) is 19.8 Å². The third kappa shape index (κ3) is 3.70. The molecule has 3 unspecified atom stereocenters. The highest BCUT2D eigenvalue weighted by Gasteiger charge is 2.21. The normalized spacial score (nSPS) is 19.4. The van der Waals surface area contributed by atoms with Crippen molar-refractivity contribution in [2.75, 3.05) is 6.61 Å². The lowest BCUT2D eigenvalue weighted by molar-refractivity contribution is 0.00725. The lowest BCUT2D eigenvalue weighted by atomic mass is 9.92. The fourth-order valence-electron chi connectivity index (χ4n) is 1.21. The van der Waals surface area contributed by atoms with E-state index in [1.807, 2.05) is 6.92 Å². The summed E-state index contributed by atoms with van der Waals surface area (Å²) in [6.45, 7) is 3.52. The Morgan fingerprint density at radius 1 is 1.27 bits per heavy atom. The minimum absolute atomic E-state index is 0.0205. The molecular weight excluding hydrogens is 144 g/mol. The molecule has 3 atom stereocenters. The van der Waals surface area contributed by atoms with Gasteiger partial charge < -0.3 is 15.3 Å². The third-order valence-corrected chi connectivity index (χ3v) is 1.99. The van der Waals surface area contributed by atoms with Crippen LogP contribution in [0.3, 0.4) is 0 Å². The van der Waals surface area contributed by atoms with Crippen molar-refractivity contribution in [2.45, 2.75) is 38.9 Å². The van der Waals surface area contributed by atoms with E-state index < -0.39 is 12.2 Å². The second-order valence-corrected chi connectivity index (χ2v) is 2.89. The summed E-state index contributed by atoms with van der Waals surface area (Å²) < 4.78 is 0. The lowest BCUT2D eigenvalue weighted by Crippen LogP contribution is -2.30. The zero-order chi connectivity index (χ0) is 8.85. The number of rotatable bonds is 5. The molecule has 0 aliphatic rings. The Bertz CT molecular complexity index is 93.3. The fourth-order valence-corrected chi connectivity index (χ4v) is 1.21. The summed E-state index contributed by atoms with van der Waals surface area (Å²) in [7, 11) is 0. The molecule has 0 rings (SSSR count). The highest BCUT2D eigenvalue weighted by atomic mass is 16.3. The van der Waals surface area contributed by atoms with Crippen LogP contribution in [-0.4, -0.2) is 34.1 Å². The smallest absolute Gasteiger partial charge is 0.0591 e. The number of hydrogen-bond acceptors (Lipinski definition) is 3. The molecule has 0 spiro atoms. The van der Waals surface area contributed by atoms with E-state index in [2.05, 4.69) is 0 Å². The Labute approximate surface area is 67.7 Å². The van der Waals surface area contributed by atoms with Crippen molar-refractivity contribution in [1.82, 2.24) is 0 Å². The van der Waals surface area contributed by atoms with Crippen molar-refractivity contribution >= 4 is 0 Å². The Hall–Kier alpha value is -0.120. The molecule has 0 bridgehead atoms. The van der Waals surface area contributed by atoms with Crippen LogP contribution in [0.2, 0.25) is 0 Å². The van der Waals surface area contributed by atoms with E-state index >= 15 is 0 Å². The summed E-state index contributed by atoms with van der Waals surface area (Å²) in [6, 6.07) is 0. The van der Waals surface area contributed by atoms with E-state index in [1.54, 1.807) is 6.92 Å². The maximum Gasteiger partial charge on any atom is 0.0591 e. The Morgan fingerprint density at radius 3 is 2.09 bits per heavy atom. The van der Waals surface area contributed by atoms with Crippen LogP contribution in [0.25, 0.3) is 0 Å². The third-order valence-electron chi connectivity index (χ3n) is 1.99. The second-order valence-electron chi connectivity index (χ2n) is 2.89.